The zero-order chi connectivity index (χ0) is 21.6. The van der Waals surface area contributed by atoms with Crippen molar-refractivity contribution in [1.29, 1.82) is 0 Å². The van der Waals surface area contributed by atoms with E-state index in [9.17, 15) is 14.0 Å². The predicted octanol–water partition coefficient (Wildman–Crippen LogP) is 4.15. The van der Waals surface area contributed by atoms with Crippen molar-refractivity contribution in [3.05, 3.63) is 29.7 Å². The van der Waals surface area contributed by atoms with Crippen molar-refractivity contribution in [2.45, 2.75) is 70.3 Å². The molecule has 166 valence electrons. The third-order valence-corrected chi connectivity index (χ3v) is 7.93. The number of carbonyl (C=O) groups is 2. The predicted molar refractivity (Wildman–Crippen MR) is 114 cm³/mol. The van der Waals surface area contributed by atoms with Gasteiger partial charge in [0.25, 0.3) is 0 Å². The lowest BCUT2D eigenvalue weighted by Gasteiger charge is -2.49. The number of nitrogens with zero attached hydrogens (tertiary/aromatic N) is 2. The van der Waals surface area contributed by atoms with Crippen LogP contribution in [0, 0.1) is 17.2 Å². The highest BCUT2D eigenvalue weighted by Crippen LogP contribution is 2.51. The van der Waals surface area contributed by atoms with Gasteiger partial charge in [0.1, 0.15) is 5.82 Å². The summed E-state index contributed by atoms with van der Waals surface area (Å²) in [6.45, 7) is 3.87. The number of imide groups is 1. The number of unbranched alkanes of at least 4 members (excludes halogenated alkanes) is 1. The van der Waals surface area contributed by atoms with E-state index in [-0.39, 0.29) is 35.5 Å². The van der Waals surface area contributed by atoms with Gasteiger partial charge in [0.2, 0.25) is 11.8 Å². The Morgan fingerprint density at radius 1 is 1.23 bits per heavy atom. The van der Waals surface area contributed by atoms with Crippen LogP contribution in [-0.4, -0.2) is 41.0 Å². The Kier molecular flexibility index (Phi) is 5.32. The van der Waals surface area contributed by atoms with E-state index in [4.69, 9.17) is 4.52 Å². The van der Waals surface area contributed by atoms with Gasteiger partial charge in [0.15, 0.2) is 5.58 Å². The summed E-state index contributed by atoms with van der Waals surface area (Å²) in [6.07, 6.45) is 7.38. The average molecular weight is 428 g/mol. The second kappa shape index (κ2) is 8.01. The third-order valence-electron chi connectivity index (χ3n) is 7.93. The summed E-state index contributed by atoms with van der Waals surface area (Å²) in [5.41, 5.74) is 0.828. The van der Waals surface area contributed by atoms with Gasteiger partial charge in [-0.25, -0.2) is 4.39 Å². The van der Waals surface area contributed by atoms with Crippen LogP contribution in [0.1, 0.15) is 69.9 Å². The van der Waals surface area contributed by atoms with Crippen molar-refractivity contribution in [2.75, 3.05) is 13.1 Å². The van der Waals surface area contributed by atoms with Gasteiger partial charge >= 0.3 is 0 Å². The van der Waals surface area contributed by atoms with Crippen molar-refractivity contribution in [3.8, 4) is 0 Å². The zero-order valence-electron chi connectivity index (χ0n) is 18.0. The maximum atomic E-state index is 13.5. The highest BCUT2D eigenvalue weighted by atomic mass is 19.1. The molecule has 0 radical (unpaired) electrons. The normalized spacial score (nSPS) is 30.0. The van der Waals surface area contributed by atoms with E-state index in [0.717, 1.165) is 75.5 Å². The van der Waals surface area contributed by atoms with E-state index < -0.39 is 5.41 Å². The number of hydrogen-bond donors (Lipinski definition) is 1. The van der Waals surface area contributed by atoms with Crippen LogP contribution in [-0.2, 0) is 9.59 Å². The molecule has 2 amide bonds. The van der Waals surface area contributed by atoms with Crippen molar-refractivity contribution >= 4 is 22.8 Å². The van der Waals surface area contributed by atoms with Crippen LogP contribution < -0.4 is 5.32 Å². The smallest absolute Gasteiger partial charge is 0.235 e. The molecule has 5 rings (SSSR count). The Morgan fingerprint density at radius 3 is 2.81 bits per heavy atom. The summed E-state index contributed by atoms with van der Waals surface area (Å²) in [7, 11) is 0. The van der Waals surface area contributed by atoms with Crippen molar-refractivity contribution in [1.82, 2.24) is 15.4 Å². The van der Waals surface area contributed by atoms with Crippen LogP contribution in [0.3, 0.4) is 0 Å². The molecule has 1 aromatic carbocycles. The monoisotopic (exact) mass is 427 g/mol. The molecule has 3 unspecified atom stereocenters. The number of aromatic nitrogens is 1. The summed E-state index contributed by atoms with van der Waals surface area (Å²) in [5, 5.41) is 7.82. The first-order valence-corrected chi connectivity index (χ1v) is 11.7. The van der Waals surface area contributed by atoms with E-state index in [1.807, 2.05) is 0 Å². The number of halogens is 1. The van der Waals surface area contributed by atoms with E-state index in [0.29, 0.717) is 5.58 Å². The molecule has 3 heterocycles. The quantitative estimate of drug-likeness (QED) is 0.726. The second-order valence-corrected chi connectivity index (χ2v) is 9.48. The van der Waals surface area contributed by atoms with Crippen LogP contribution >= 0.6 is 0 Å². The first kappa shape index (κ1) is 20.6. The molecule has 2 aromatic rings. The molecular weight excluding hydrogens is 397 g/mol. The van der Waals surface area contributed by atoms with Gasteiger partial charge in [0, 0.05) is 23.4 Å². The molecule has 0 bridgehead atoms. The molecule has 1 aromatic heterocycles. The number of carbonyl (C=O) groups excluding carboxylic acids is 2. The van der Waals surface area contributed by atoms with Gasteiger partial charge in [-0.15, -0.1) is 0 Å². The lowest BCUT2D eigenvalue weighted by molar-refractivity contribution is -0.138. The first-order chi connectivity index (χ1) is 15.0. The Labute approximate surface area is 181 Å². The summed E-state index contributed by atoms with van der Waals surface area (Å²) in [5.74, 6) is -0.363. The standard InChI is InChI=1S/C24H30FN3O3/c1-2-3-11-24-18(22(29)26-23(24)30)5-4-6-20(24)28-12-9-15(10-13-28)21-17-8-7-16(25)14-19(17)31-27-21/h7-8,14-15,18,20H,2-6,9-13H2,1H3,(H,26,29,30). The van der Waals surface area contributed by atoms with Gasteiger partial charge in [-0.05, 0) is 57.3 Å². The Hall–Kier alpha value is -2.28. The molecule has 6 nitrogen and oxygen atoms in total. The van der Waals surface area contributed by atoms with Gasteiger partial charge < -0.3 is 4.52 Å². The Bertz CT molecular complexity index is 997. The summed E-state index contributed by atoms with van der Waals surface area (Å²) in [4.78, 5) is 28.1. The minimum absolute atomic E-state index is 0.0488. The number of rotatable bonds is 5. The van der Waals surface area contributed by atoms with E-state index >= 15 is 0 Å². The molecule has 0 spiro atoms. The highest BCUT2D eigenvalue weighted by molar-refractivity contribution is 6.08. The van der Waals surface area contributed by atoms with Gasteiger partial charge in [-0.3, -0.25) is 19.8 Å². The topological polar surface area (TPSA) is 75.4 Å². The fourth-order valence-electron chi connectivity index (χ4n) is 6.39. The number of hydrogen-bond acceptors (Lipinski definition) is 5. The van der Waals surface area contributed by atoms with Crippen molar-refractivity contribution in [2.24, 2.45) is 11.3 Å². The summed E-state index contributed by atoms with van der Waals surface area (Å²) >= 11 is 0. The third kappa shape index (κ3) is 3.28. The number of benzene rings is 1. The molecule has 1 aliphatic carbocycles. The summed E-state index contributed by atoms with van der Waals surface area (Å²) in [6, 6.07) is 4.71. The maximum absolute atomic E-state index is 13.5. The van der Waals surface area contributed by atoms with Crippen LogP contribution in [0.4, 0.5) is 4.39 Å². The minimum Gasteiger partial charge on any atom is -0.356 e. The van der Waals surface area contributed by atoms with E-state index in [1.54, 1.807) is 6.07 Å². The largest absolute Gasteiger partial charge is 0.356 e. The Morgan fingerprint density at radius 2 is 2.03 bits per heavy atom. The lowest BCUT2D eigenvalue weighted by atomic mass is 9.61. The molecule has 2 saturated heterocycles. The minimum atomic E-state index is -0.573. The Balaban J connectivity index is 1.36. The number of likely N-dealkylation sites (tertiary alicyclic amines) is 1. The van der Waals surface area contributed by atoms with E-state index in [1.165, 1.54) is 12.1 Å². The molecule has 3 atom stereocenters. The number of piperidine rings is 1. The number of amides is 2. The van der Waals surface area contributed by atoms with Crippen LogP contribution in [0.25, 0.3) is 11.0 Å². The van der Waals surface area contributed by atoms with Gasteiger partial charge in [0.05, 0.1) is 17.0 Å². The van der Waals surface area contributed by atoms with Crippen molar-refractivity contribution in [3.63, 3.8) is 0 Å². The van der Waals surface area contributed by atoms with Crippen LogP contribution in [0.15, 0.2) is 22.7 Å². The summed E-state index contributed by atoms with van der Waals surface area (Å²) < 4.78 is 18.9. The maximum Gasteiger partial charge on any atom is 0.235 e. The molecule has 1 N–H and O–H groups in total. The lowest BCUT2D eigenvalue weighted by Crippen LogP contribution is -2.57. The molecule has 1 saturated carbocycles. The average Bonchev–Trinajstić information content (AvgIpc) is 3.30. The zero-order valence-corrected chi connectivity index (χ0v) is 18.0. The fraction of sp³-hybridized carbons (Fsp3) is 0.625. The molecule has 3 aliphatic rings. The second-order valence-electron chi connectivity index (χ2n) is 9.48. The van der Waals surface area contributed by atoms with Crippen molar-refractivity contribution < 1.29 is 18.5 Å². The first-order valence-electron chi connectivity index (χ1n) is 11.7. The van der Waals surface area contributed by atoms with Crippen LogP contribution in [0.5, 0.6) is 0 Å². The molecule has 3 fully saturated rings. The SMILES string of the molecule is CCCCC12C(=O)NC(=O)C1CCCC2N1CCC(c2noc3cc(F)ccc23)CC1. The van der Waals surface area contributed by atoms with Gasteiger partial charge in [-0.2, -0.15) is 0 Å². The highest BCUT2D eigenvalue weighted by Gasteiger charge is 2.61. The number of nitrogens with one attached hydrogen (secondary N) is 1. The molecule has 7 heteroatoms. The molecule has 2 aliphatic heterocycles. The van der Waals surface area contributed by atoms with E-state index in [2.05, 4.69) is 22.3 Å². The van der Waals surface area contributed by atoms with Crippen LogP contribution in [0.2, 0.25) is 0 Å². The van der Waals surface area contributed by atoms with Gasteiger partial charge in [-0.1, -0.05) is 31.3 Å². The molecule has 31 heavy (non-hydrogen) atoms. The fourth-order valence-corrected chi connectivity index (χ4v) is 6.39. The number of fused-ring (bicyclic) bond motifs is 2. The molecular formula is C24H30FN3O3.